The molecule has 1 N–H and O–H groups in total. The van der Waals surface area contributed by atoms with Crippen molar-refractivity contribution in [3.8, 4) is 0 Å². The third-order valence-electron chi connectivity index (χ3n) is 2.36. The van der Waals surface area contributed by atoms with E-state index in [0.29, 0.717) is 6.04 Å². The van der Waals surface area contributed by atoms with Crippen molar-refractivity contribution in [2.45, 2.75) is 26.8 Å². The van der Waals surface area contributed by atoms with E-state index in [2.05, 4.69) is 82.2 Å². The Morgan fingerprint density at radius 1 is 1.38 bits per heavy atom. The van der Waals surface area contributed by atoms with Gasteiger partial charge in [-0.05, 0) is 38.5 Å². The Bertz CT molecular complexity index is 382. The summed E-state index contributed by atoms with van der Waals surface area (Å²) < 4.78 is 2.23. The maximum Gasteiger partial charge on any atom is 0.0305 e. The molecule has 0 bridgehead atoms. The van der Waals surface area contributed by atoms with E-state index in [-0.39, 0.29) is 0 Å². The summed E-state index contributed by atoms with van der Waals surface area (Å²) in [6.45, 7) is 7.31. The molecule has 1 unspecified atom stereocenters. The third kappa shape index (κ3) is 4.40. The highest BCUT2D eigenvalue weighted by Crippen LogP contribution is 2.26. The van der Waals surface area contributed by atoms with Crippen LogP contribution >= 0.6 is 31.9 Å². The second kappa shape index (κ2) is 6.58. The van der Waals surface area contributed by atoms with E-state index in [4.69, 9.17) is 0 Å². The monoisotopic (exact) mass is 345 g/mol. The number of allylic oxidation sites excluding steroid dienone is 1. The van der Waals surface area contributed by atoms with Gasteiger partial charge in [0.05, 0.1) is 0 Å². The van der Waals surface area contributed by atoms with Crippen LogP contribution in [0.15, 0.2) is 38.8 Å². The fourth-order valence-corrected chi connectivity index (χ4v) is 2.79. The molecular formula is C13H17Br2N. The average molecular weight is 347 g/mol. The lowest BCUT2D eigenvalue weighted by Crippen LogP contribution is -2.19. The molecule has 0 saturated carbocycles. The summed E-state index contributed by atoms with van der Waals surface area (Å²) in [5.41, 5.74) is 2.62. The third-order valence-corrected chi connectivity index (χ3v) is 3.54. The van der Waals surface area contributed by atoms with Crippen molar-refractivity contribution in [3.63, 3.8) is 0 Å². The van der Waals surface area contributed by atoms with Crippen molar-refractivity contribution < 1.29 is 0 Å². The first kappa shape index (κ1) is 13.9. The topological polar surface area (TPSA) is 12.0 Å². The summed E-state index contributed by atoms with van der Waals surface area (Å²) in [6, 6.07) is 6.63. The van der Waals surface area contributed by atoms with Gasteiger partial charge in [0.25, 0.3) is 0 Å². The molecule has 0 aliphatic rings. The Morgan fingerprint density at radius 3 is 2.62 bits per heavy atom. The SMILES string of the molecule is CC(C)=CCNC(C)c1ccc(Br)cc1Br. The van der Waals surface area contributed by atoms with Crippen molar-refractivity contribution >= 4 is 31.9 Å². The number of hydrogen-bond donors (Lipinski definition) is 1. The first-order valence-corrected chi connectivity index (χ1v) is 6.91. The van der Waals surface area contributed by atoms with Gasteiger partial charge >= 0.3 is 0 Å². The van der Waals surface area contributed by atoms with Gasteiger partial charge in [-0.1, -0.05) is 49.6 Å². The van der Waals surface area contributed by atoms with E-state index in [1.165, 1.54) is 11.1 Å². The lowest BCUT2D eigenvalue weighted by Gasteiger charge is -2.15. The number of nitrogens with one attached hydrogen (secondary N) is 1. The van der Waals surface area contributed by atoms with Gasteiger partial charge in [0.2, 0.25) is 0 Å². The highest BCUT2D eigenvalue weighted by Gasteiger charge is 2.07. The first-order chi connectivity index (χ1) is 7.50. The summed E-state index contributed by atoms with van der Waals surface area (Å²) in [7, 11) is 0. The molecule has 88 valence electrons. The normalized spacial score (nSPS) is 12.3. The Balaban J connectivity index is 2.66. The molecule has 3 heteroatoms. The van der Waals surface area contributed by atoms with Crippen LogP contribution in [0, 0.1) is 0 Å². The van der Waals surface area contributed by atoms with Crippen molar-refractivity contribution in [2.24, 2.45) is 0 Å². The van der Waals surface area contributed by atoms with E-state index >= 15 is 0 Å². The van der Waals surface area contributed by atoms with Crippen LogP contribution in [-0.4, -0.2) is 6.54 Å². The van der Waals surface area contributed by atoms with Gasteiger partial charge in [-0.2, -0.15) is 0 Å². The zero-order valence-corrected chi connectivity index (χ0v) is 13.0. The molecule has 1 aromatic rings. The second-order valence-corrected chi connectivity index (χ2v) is 5.85. The quantitative estimate of drug-likeness (QED) is 0.770. The van der Waals surface area contributed by atoms with Crippen LogP contribution in [0.25, 0.3) is 0 Å². The minimum atomic E-state index is 0.345. The highest BCUT2D eigenvalue weighted by atomic mass is 79.9. The fraction of sp³-hybridized carbons (Fsp3) is 0.385. The van der Waals surface area contributed by atoms with Gasteiger partial charge in [-0.3, -0.25) is 0 Å². The van der Waals surface area contributed by atoms with E-state index in [9.17, 15) is 0 Å². The van der Waals surface area contributed by atoms with Crippen molar-refractivity contribution in [1.82, 2.24) is 5.32 Å². The number of rotatable bonds is 4. The number of hydrogen-bond acceptors (Lipinski definition) is 1. The highest BCUT2D eigenvalue weighted by molar-refractivity contribution is 9.11. The van der Waals surface area contributed by atoms with E-state index in [0.717, 1.165) is 15.5 Å². The Morgan fingerprint density at radius 2 is 2.06 bits per heavy atom. The van der Waals surface area contributed by atoms with Crippen LogP contribution in [0.2, 0.25) is 0 Å². The molecule has 1 nitrogen and oxygen atoms in total. The fourth-order valence-electron chi connectivity index (χ4n) is 1.40. The van der Waals surface area contributed by atoms with Gasteiger partial charge in [0.15, 0.2) is 0 Å². The van der Waals surface area contributed by atoms with Crippen LogP contribution < -0.4 is 5.32 Å². The van der Waals surface area contributed by atoms with Gasteiger partial charge in [-0.25, -0.2) is 0 Å². The minimum Gasteiger partial charge on any atom is -0.307 e. The molecule has 16 heavy (non-hydrogen) atoms. The lowest BCUT2D eigenvalue weighted by atomic mass is 10.1. The maximum atomic E-state index is 3.58. The Labute approximate surface area is 115 Å². The largest absolute Gasteiger partial charge is 0.307 e. The molecule has 1 rings (SSSR count). The average Bonchev–Trinajstić information content (AvgIpc) is 2.16. The van der Waals surface area contributed by atoms with Crippen molar-refractivity contribution in [2.75, 3.05) is 6.54 Å². The Hall–Kier alpha value is -0.120. The van der Waals surface area contributed by atoms with Gasteiger partial charge < -0.3 is 5.32 Å². The summed E-state index contributed by atoms with van der Waals surface area (Å²) in [5, 5.41) is 3.47. The van der Waals surface area contributed by atoms with Gasteiger partial charge in [0.1, 0.15) is 0 Å². The first-order valence-electron chi connectivity index (χ1n) is 5.32. The van der Waals surface area contributed by atoms with Crippen molar-refractivity contribution in [3.05, 3.63) is 44.4 Å². The zero-order chi connectivity index (χ0) is 12.1. The van der Waals surface area contributed by atoms with Crippen LogP contribution in [0.3, 0.4) is 0 Å². The van der Waals surface area contributed by atoms with Crippen molar-refractivity contribution in [1.29, 1.82) is 0 Å². The predicted molar refractivity (Wildman–Crippen MR) is 77.7 cm³/mol. The van der Waals surface area contributed by atoms with Gasteiger partial charge in [-0.15, -0.1) is 0 Å². The molecule has 1 atom stereocenters. The van der Waals surface area contributed by atoms with E-state index in [1.54, 1.807) is 0 Å². The summed E-state index contributed by atoms with van der Waals surface area (Å²) in [5.74, 6) is 0. The predicted octanol–water partition coefficient (Wildman–Crippen LogP) is 4.83. The molecule has 0 aromatic heterocycles. The second-order valence-electron chi connectivity index (χ2n) is 4.08. The van der Waals surface area contributed by atoms with Crippen LogP contribution in [-0.2, 0) is 0 Å². The Kier molecular flexibility index (Phi) is 5.73. The van der Waals surface area contributed by atoms with Gasteiger partial charge in [0, 0.05) is 21.5 Å². The standard InChI is InChI=1S/C13H17Br2N/c1-9(2)6-7-16-10(3)12-5-4-11(14)8-13(12)15/h4-6,8,10,16H,7H2,1-3H3. The molecule has 0 fully saturated rings. The summed E-state index contributed by atoms with van der Waals surface area (Å²) >= 11 is 7.04. The zero-order valence-electron chi connectivity index (χ0n) is 9.85. The van der Waals surface area contributed by atoms with E-state index < -0.39 is 0 Å². The smallest absolute Gasteiger partial charge is 0.0305 e. The lowest BCUT2D eigenvalue weighted by molar-refractivity contribution is 0.614. The molecular weight excluding hydrogens is 330 g/mol. The molecule has 0 radical (unpaired) electrons. The molecule has 0 spiro atoms. The van der Waals surface area contributed by atoms with E-state index in [1.807, 2.05) is 0 Å². The maximum absolute atomic E-state index is 3.58. The minimum absolute atomic E-state index is 0.345. The van der Waals surface area contributed by atoms with Crippen LogP contribution in [0.1, 0.15) is 32.4 Å². The number of benzene rings is 1. The molecule has 0 aliphatic carbocycles. The number of halogens is 2. The molecule has 0 aliphatic heterocycles. The molecule has 0 heterocycles. The van der Waals surface area contributed by atoms with Crippen LogP contribution in [0.5, 0.6) is 0 Å². The summed E-state index contributed by atoms with van der Waals surface area (Å²) in [6.07, 6.45) is 2.20. The summed E-state index contributed by atoms with van der Waals surface area (Å²) in [4.78, 5) is 0. The molecule has 0 amide bonds. The van der Waals surface area contributed by atoms with Crippen LogP contribution in [0.4, 0.5) is 0 Å². The molecule has 0 saturated heterocycles. The molecule has 1 aromatic carbocycles.